The van der Waals surface area contributed by atoms with Gasteiger partial charge in [-0.2, -0.15) is 0 Å². The molecule has 1 aliphatic heterocycles. The maximum absolute atomic E-state index is 12.3. The van der Waals surface area contributed by atoms with Crippen molar-refractivity contribution in [1.29, 1.82) is 0 Å². The Labute approximate surface area is 117 Å². The van der Waals surface area contributed by atoms with Gasteiger partial charge in [-0.15, -0.1) is 0 Å². The van der Waals surface area contributed by atoms with Crippen molar-refractivity contribution in [1.82, 2.24) is 4.90 Å². The third-order valence-electron chi connectivity index (χ3n) is 6.10. The minimum Gasteiger partial charge on any atom is -0.303 e. The summed E-state index contributed by atoms with van der Waals surface area (Å²) in [5.74, 6) is 3.32. The van der Waals surface area contributed by atoms with E-state index in [1.165, 1.54) is 45.1 Å². The zero-order chi connectivity index (χ0) is 13.4. The first-order valence-electron chi connectivity index (χ1n) is 8.39. The average Bonchev–Trinajstić information content (AvgIpc) is 2.40. The molecule has 0 radical (unpaired) electrons. The SMILES string of the molecule is C[C@@H]1C[C@H]([C@H]2CCCCC2=O)[C@H]2CCCN(C)[C@H]2C1. The normalized spacial score (nSPS) is 44.9. The van der Waals surface area contributed by atoms with Crippen LogP contribution in [0.1, 0.15) is 58.3 Å². The molecule has 0 aromatic heterocycles. The van der Waals surface area contributed by atoms with E-state index < -0.39 is 0 Å². The van der Waals surface area contributed by atoms with E-state index in [1.54, 1.807) is 0 Å². The van der Waals surface area contributed by atoms with E-state index >= 15 is 0 Å². The number of carbonyl (C=O) groups excluding carboxylic acids is 1. The fraction of sp³-hybridized carbons (Fsp3) is 0.941. The fourth-order valence-electron chi connectivity index (χ4n) is 5.19. The monoisotopic (exact) mass is 263 g/mol. The van der Waals surface area contributed by atoms with Crippen molar-refractivity contribution in [2.24, 2.45) is 23.7 Å². The Morgan fingerprint density at radius 3 is 2.68 bits per heavy atom. The highest BCUT2D eigenvalue weighted by atomic mass is 16.1. The Kier molecular flexibility index (Phi) is 3.98. The lowest BCUT2D eigenvalue weighted by molar-refractivity contribution is -0.129. The van der Waals surface area contributed by atoms with Crippen molar-refractivity contribution in [2.75, 3.05) is 13.6 Å². The molecule has 0 bridgehead atoms. The summed E-state index contributed by atoms with van der Waals surface area (Å²) in [7, 11) is 2.30. The van der Waals surface area contributed by atoms with Gasteiger partial charge < -0.3 is 4.90 Å². The molecule has 5 atom stereocenters. The molecule has 3 aliphatic rings. The third kappa shape index (κ3) is 2.61. The summed E-state index contributed by atoms with van der Waals surface area (Å²) in [6.07, 6.45) is 9.86. The predicted octanol–water partition coefficient (Wildman–Crippen LogP) is 3.50. The van der Waals surface area contributed by atoms with Gasteiger partial charge in [0.1, 0.15) is 5.78 Å². The van der Waals surface area contributed by atoms with E-state index in [-0.39, 0.29) is 0 Å². The molecule has 0 amide bonds. The molecule has 0 spiro atoms. The first-order valence-corrected chi connectivity index (χ1v) is 8.39. The molecule has 2 saturated carbocycles. The molecule has 2 heteroatoms. The van der Waals surface area contributed by atoms with Crippen molar-refractivity contribution in [3.8, 4) is 0 Å². The number of hydrogen-bond acceptors (Lipinski definition) is 2. The summed E-state index contributed by atoms with van der Waals surface area (Å²) in [4.78, 5) is 14.9. The van der Waals surface area contributed by atoms with E-state index in [0.29, 0.717) is 17.6 Å². The maximum atomic E-state index is 12.3. The number of ketones is 1. The average molecular weight is 263 g/mol. The third-order valence-corrected chi connectivity index (χ3v) is 6.10. The van der Waals surface area contributed by atoms with Crippen LogP contribution in [0.25, 0.3) is 0 Å². The first-order chi connectivity index (χ1) is 9.16. The lowest BCUT2D eigenvalue weighted by atomic mass is 9.61. The zero-order valence-electron chi connectivity index (χ0n) is 12.6. The lowest BCUT2D eigenvalue weighted by Gasteiger charge is -2.50. The van der Waals surface area contributed by atoms with Crippen LogP contribution >= 0.6 is 0 Å². The summed E-state index contributed by atoms with van der Waals surface area (Å²) < 4.78 is 0. The minimum atomic E-state index is 0.412. The highest BCUT2D eigenvalue weighted by Crippen LogP contribution is 2.46. The number of likely N-dealkylation sites (tertiary alicyclic amines) is 1. The fourth-order valence-corrected chi connectivity index (χ4v) is 5.19. The molecule has 0 aromatic carbocycles. The van der Waals surface area contributed by atoms with Gasteiger partial charge in [0.25, 0.3) is 0 Å². The van der Waals surface area contributed by atoms with Gasteiger partial charge in [-0.3, -0.25) is 4.79 Å². The van der Waals surface area contributed by atoms with E-state index in [2.05, 4.69) is 18.9 Å². The van der Waals surface area contributed by atoms with E-state index in [4.69, 9.17) is 0 Å². The van der Waals surface area contributed by atoms with Gasteiger partial charge in [-0.25, -0.2) is 0 Å². The number of hydrogen-bond donors (Lipinski definition) is 0. The summed E-state index contributed by atoms with van der Waals surface area (Å²) in [6.45, 7) is 3.66. The standard InChI is InChI=1S/C17H29NO/c1-12-10-15(14-6-3-4-8-17(14)19)13-7-5-9-18(2)16(13)11-12/h12-16H,3-11H2,1-2H3/t12-,13-,14-,15+,16+/m1/s1. The van der Waals surface area contributed by atoms with Crippen LogP contribution in [-0.4, -0.2) is 30.3 Å². The highest BCUT2D eigenvalue weighted by molar-refractivity contribution is 5.82. The Hall–Kier alpha value is -0.370. The number of nitrogens with zero attached hydrogens (tertiary/aromatic N) is 1. The topological polar surface area (TPSA) is 20.3 Å². The Bertz CT molecular complexity index is 340. The molecule has 0 N–H and O–H groups in total. The molecule has 19 heavy (non-hydrogen) atoms. The molecule has 2 aliphatic carbocycles. The zero-order valence-corrected chi connectivity index (χ0v) is 12.6. The summed E-state index contributed by atoms with van der Waals surface area (Å²) in [5.41, 5.74) is 0. The largest absolute Gasteiger partial charge is 0.303 e. The summed E-state index contributed by atoms with van der Waals surface area (Å²) >= 11 is 0. The molecule has 1 saturated heterocycles. The Morgan fingerprint density at radius 1 is 1.05 bits per heavy atom. The van der Waals surface area contributed by atoms with Crippen LogP contribution in [0, 0.1) is 23.7 Å². The molecule has 3 fully saturated rings. The van der Waals surface area contributed by atoms with Gasteiger partial charge in [0.05, 0.1) is 0 Å². The quantitative estimate of drug-likeness (QED) is 0.721. The number of carbonyl (C=O) groups is 1. The van der Waals surface area contributed by atoms with Crippen molar-refractivity contribution < 1.29 is 4.79 Å². The molecule has 1 heterocycles. The van der Waals surface area contributed by atoms with Crippen molar-refractivity contribution in [3.05, 3.63) is 0 Å². The van der Waals surface area contributed by atoms with Crippen LogP contribution in [-0.2, 0) is 4.79 Å². The molecule has 0 aromatic rings. The molecule has 2 nitrogen and oxygen atoms in total. The number of piperidine rings is 1. The van der Waals surface area contributed by atoms with E-state index in [0.717, 1.165) is 30.7 Å². The van der Waals surface area contributed by atoms with Crippen LogP contribution < -0.4 is 0 Å². The van der Waals surface area contributed by atoms with Crippen LogP contribution in [0.4, 0.5) is 0 Å². The van der Waals surface area contributed by atoms with Crippen LogP contribution in [0.2, 0.25) is 0 Å². The molecule has 0 unspecified atom stereocenters. The van der Waals surface area contributed by atoms with Crippen LogP contribution in [0.5, 0.6) is 0 Å². The second-order valence-corrected chi connectivity index (χ2v) is 7.41. The maximum Gasteiger partial charge on any atom is 0.136 e. The number of rotatable bonds is 1. The van der Waals surface area contributed by atoms with Gasteiger partial charge in [0.2, 0.25) is 0 Å². The van der Waals surface area contributed by atoms with Crippen LogP contribution in [0.15, 0.2) is 0 Å². The summed E-state index contributed by atoms with van der Waals surface area (Å²) in [6, 6.07) is 0.761. The molecular formula is C17H29NO. The summed E-state index contributed by atoms with van der Waals surface area (Å²) in [5, 5.41) is 0. The van der Waals surface area contributed by atoms with Crippen molar-refractivity contribution in [3.63, 3.8) is 0 Å². The van der Waals surface area contributed by atoms with Crippen molar-refractivity contribution >= 4 is 5.78 Å². The molecule has 108 valence electrons. The van der Waals surface area contributed by atoms with Crippen molar-refractivity contribution in [2.45, 2.75) is 64.3 Å². The van der Waals surface area contributed by atoms with Gasteiger partial charge in [0.15, 0.2) is 0 Å². The van der Waals surface area contributed by atoms with E-state index in [1.807, 2.05) is 0 Å². The number of fused-ring (bicyclic) bond motifs is 1. The van der Waals surface area contributed by atoms with Gasteiger partial charge in [0, 0.05) is 18.4 Å². The Balaban J connectivity index is 1.80. The molecule has 3 rings (SSSR count). The highest BCUT2D eigenvalue weighted by Gasteiger charge is 2.44. The van der Waals surface area contributed by atoms with Gasteiger partial charge in [-0.05, 0) is 69.9 Å². The smallest absolute Gasteiger partial charge is 0.136 e. The second kappa shape index (κ2) is 5.55. The number of Topliss-reactive ketones (excluding diaryl/α,β-unsaturated/α-hetero) is 1. The van der Waals surface area contributed by atoms with Crippen LogP contribution in [0.3, 0.4) is 0 Å². The first kappa shape index (κ1) is 13.6. The van der Waals surface area contributed by atoms with Gasteiger partial charge in [-0.1, -0.05) is 13.3 Å². The minimum absolute atomic E-state index is 0.412. The second-order valence-electron chi connectivity index (χ2n) is 7.41. The molecular weight excluding hydrogens is 234 g/mol. The lowest BCUT2D eigenvalue weighted by Crippen LogP contribution is -2.52. The Morgan fingerprint density at radius 2 is 1.89 bits per heavy atom. The van der Waals surface area contributed by atoms with E-state index in [9.17, 15) is 4.79 Å². The predicted molar refractivity (Wildman–Crippen MR) is 78.0 cm³/mol. The van der Waals surface area contributed by atoms with Gasteiger partial charge >= 0.3 is 0 Å².